The summed E-state index contributed by atoms with van der Waals surface area (Å²) >= 11 is 0. The number of halogens is 1. The summed E-state index contributed by atoms with van der Waals surface area (Å²) in [7, 11) is 0. The van der Waals surface area contributed by atoms with Gasteiger partial charge in [-0.2, -0.15) is 0 Å². The van der Waals surface area contributed by atoms with Gasteiger partial charge in [-0.3, -0.25) is 4.98 Å². The summed E-state index contributed by atoms with van der Waals surface area (Å²) in [5.41, 5.74) is 2.14. The summed E-state index contributed by atoms with van der Waals surface area (Å²) in [5.74, 6) is 0.429. The van der Waals surface area contributed by atoms with Crippen LogP contribution in [0.25, 0.3) is 0 Å². The van der Waals surface area contributed by atoms with Crippen LogP contribution in [-0.2, 0) is 6.42 Å². The van der Waals surface area contributed by atoms with Gasteiger partial charge in [0.15, 0.2) is 11.6 Å². The average molecular weight is 428 g/mol. The first-order chi connectivity index (χ1) is 15.2. The van der Waals surface area contributed by atoms with Crippen molar-refractivity contribution >= 4 is 0 Å². The van der Waals surface area contributed by atoms with Crippen molar-refractivity contribution in [2.45, 2.75) is 103 Å². The largest absolute Gasteiger partial charge is 0.491 e. The third kappa shape index (κ3) is 10.3. The molecule has 0 spiro atoms. The molecule has 0 N–H and O–H groups in total. The molecule has 1 heterocycles. The van der Waals surface area contributed by atoms with E-state index >= 15 is 0 Å². The van der Waals surface area contributed by atoms with Crippen LogP contribution in [-0.4, -0.2) is 11.6 Å². The lowest BCUT2D eigenvalue weighted by Gasteiger charge is -2.18. The predicted octanol–water partition coefficient (Wildman–Crippen LogP) is 8.65. The Kier molecular flexibility index (Phi) is 13.0. The van der Waals surface area contributed by atoms with Gasteiger partial charge in [-0.15, -0.1) is 0 Å². The second-order valence-corrected chi connectivity index (χ2v) is 8.73. The zero-order valence-corrected chi connectivity index (χ0v) is 19.8. The lowest BCUT2D eigenvalue weighted by Crippen LogP contribution is -2.06. The summed E-state index contributed by atoms with van der Waals surface area (Å²) in [5, 5.41) is 0. The van der Waals surface area contributed by atoms with Crippen molar-refractivity contribution in [1.82, 2.24) is 4.98 Å². The molecule has 0 aliphatic heterocycles. The molecule has 172 valence electrons. The standard InChI is InChI=1S/C28H42FNO/c1-3-5-7-8-9-10-11-12-16-24(22-26-17-13-14-20-30-26)25-18-19-28(27(29)23-25)31-21-15-6-4-2/h13-14,17-20,23-24H,3-12,15-16,21-22H2,1-2H3. The van der Waals surface area contributed by atoms with Crippen molar-refractivity contribution in [3.63, 3.8) is 0 Å². The average Bonchev–Trinajstić information content (AvgIpc) is 2.79. The highest BCUT2D eigenvalue weighted by atomic mass is 19.1. The number of unbranched alkanes of at least 4 members (excludes halogenated alkanes) is 9. The van der Waals surface area contributed by atoms with Crippen LogP contribution < -0.4 is 4.74 Å². The van der Waals surface area contributed by atoms with E-state index in [2.05, 4.69) is 31.0 Å². The first-order valence-corrected chi connectivity index (χ1v) is 12.6. The van der Waals surface area contributed by atoms with Crippen LogP contribution >= 0.6 is 0 Å². The normalized spacial score (nSPS) is 12.1. The Labute approximate surface area is 189 Å². The molecule has 1 aromatic carbocycles. The van der Waals surface area contributed by atoms with E-state index in [0.717, 1.165) is 43.4 Å². The van der Waals surface area contributed by atoms with E-state index in [-0.39, 0.29) is 5.82 Å². The third-order valence-electron chi connectivity index (χ3n) is 6.02. The summed E-state index contributed by atoms with van der Waals surface area (Å²) in [6.07, 6.45) is 17.5. The second-order valence-electron chi connectivity index (χ2n) is 8.73. The summed E-state index contributed by atoms with van der Waals surface area (Å²) in [6, 6.07) is 11.6. The van der Waals surface area contributed by atoms with E-state index in [9.17, 15) is 4.39 Å². The molecular formula is C28H42FNO. The minimum atomic E-state index is -0.240. The molecule has 0 aliphatic carbocycles. The highest BCUT2D eigenvalue weighted by Crippen LogP contribution is 2.30. The third-order valence-corrected chi connectivity index (χ3v) is 6.02. The van der Waals surface area contributed by atoms with Gasteiger partial charge in [0.05, 0.1) is 6.61 Å². The monoisotopic (exact) mass is 427 g/mol. The zero-order valence-electron chi connectivity index (χ0n) is 19.8. The molecular weight excluding hydrogens is 385 g/mol. The molecule has 31 heavy (non-hydrogen) atoms. The topological polar surface area (TPSA) is 22.1 Å². The number of nitrogens with zero attached hydrogens (tertiary/aromatic N) is 1. The van der Waals surface area contributed by atoms with Crippen molar-refractivity contribution in [3.05, 3.63) is 59.7 Å². The van der Waals surface area contributed by atoms with Crippen molar-refractivity contribution < 1.29 is 9.13 Å². The molecule has 0 fully saturated rings. The number of benzene rings is 1. The van der Waals surface area contributed by atoms with E-state index in [0.29, 0.717) is 18.3 Å². The van der Waals surface area contributed by atoms with Gasteiger partial charge in [-0.05, 0) is 55.0 Å². The van der Waals surface area contributed by atoms with Crippen LogP contribution in [0, 0.1) is 5.82 Å². The van der Waals surface area contributed by atoms with E-state index in [1.54, 1.807) is 6.07 Å². The Morgan fingerprint density at radius 1 is 0.839 bits per heavy atom. The molecule has 1 unspecified atom stereocenters. The Bertz CT molecular complexity index is 703. The number of pyridine rings is 1. The molecule has 2 rings (SSSR count). The van der Waals surface area contributed by atoms with Gasteiger partial charge in [0, 0.05) is 11.9 Å². The van der Waals surface area contributed by atoms with Gasteiger partial charge >= 0.3 is 0 Å². The fourth-order valence-electron chi connectivity index (χ4n) is 4.10. The van der Waals surface area contributed by atoms with Crippen molar-refractivity contribution in [3.8, 4) is 5.75 Å². The summed E-state index contributed by atoms with van der Waals surface area (Å²) in [4.78, 5) is 4.51. The second kappa shape index (κ2) is 15.8. The molecule has 0 aliphatic rings. The minimum Gasteiger partial charge on any atom is -0.491 e. The van der Waals surface area contributed by atoms with Crippen LogP contribution in [0.3, 0.4) is 0 Å². The Hall–Kier alpha value is -1.90. The van der Waals surface area contributed by atoms with Gasteiger partial charge in [0.25, 0.3) is 0 Å². The number of rotatable bonds is 17. The number of hydrogen-bond donors (Lipinski definition) is 0. The SMILES string of the molecule is CCCCCCCCCCC(Cc1ccccn1)c1ccc(OCCCCC)c(F)c1. The lowest BCUT2D eigenvalue weighted by atomic mass is 9.88. The zero-order chi connectivity index (χ0) is 22.2. The van der Waals surface area contributed by atoms with Crippen LogP contribution in [0.5, 0.6) is 5.75 Å². The molecule has 2 aromatic rings. The maximum Gasteiger partial charge on any atom is 0.165 e. The Morgan fingerprint density at radius 3 is 2.23 bits per heavy atom. The smallest absolute Gasteiger partial charge is 0.165 e. The molecule has 0 bridgehead atoms. The molecule has 3 heteroatoms. The van der Waals surface area contributed by atoms with E-state index in [1.165, 1.54) is 51.4 Å². The van der Waals surface area contributed by atoms with Crippen molar-refractivity contribution in [1.29, 1.82) is 0 Å². The maximum absolute atomic E-state index is 14.7. The number of hydrogen-bond acceptors (Lipinski definition) is 2. The van der Waals surface area contributed by atoms with E-state index < -0.39 is 0 Å². The fraction of sp³-hybridized carbons (Fsp3) is 0.607. The molecule has 0 saturated heterocycles. The van der Waals surface area contributed by atoms with Crippen LogP contribution in [0.4, 0.5) is 4.39 Å². The summed E-state index contributed by atoms with van der Waals surface area (Å²) < 4.78 is 20.4. The van der Waals surface area contributed by atoms with Crippen LogP contribution in [0.2, 0.25) is 0 Å². The van der Waals surface area contributed by atoms with Gasteiger partial charge in [-0.1, -0.05) is 90.2 Å². The summed E-state index contributed by atoms with van der Waals surface area (Å²) in [6.45, 7) is 5.00. The molecule has 0 radical (unpaired) electrons. The number of aromatic nitrogens is 1. The van der Waals surface area contributed by atoms with Gasteiger partial charge in [-0.25, -0.2) is 4.39 Å². The first-order valence-electron chi connectivity index (χ1n) is 12.6. The van der Waals surface area contributed by atoms with E-state index in [4.69, 9.17) is 4.74 Å². The van der Waals surface area contributed by atoms with Crippen molar-refractivity contribution in [2.75, 3.05) is 6.61 Å². The fourth-order valence-corrected chi connectivity index (χ4v) is 4.10. The molecule has 2 nitrogen and oxygen atoms in total. The molecule has 1 aromatic heterocycles. The maximum atomic E-state index is 14.7. The Balaban J connectivity index is 1.92. The minimum absolute atomic E-state index is 0.240. The van der Waals surface area contributed by atoms with Crippen LogP contribution in [0.1, 0.15) is 108 Å². The van der Waals surface area contributed by atoms with Crippen molar-refractivity contribution in [2.24, 2.45) is 0 Å². The van der Waals surface area contributed by atoms with Gasteiger partial charge in [0.1, 0.15) is 0 Å². The van der Waals surface area contributed by atoms with Gasteiger partial charge < -0.3 is 4.74 Å². The number of ether oxygens (including phenoxy) is 1. The molecule has 1 atom stereocenters. The predicted molar refractivity (Wildman–Crippen MR) is 129 cm³/mol. The quantitative estimate of drug-likeness (QED) is 0.236. The molecule has 0 saturated carbocycles. The first kappa shape index (κ1) is 25.4. The highest BCUT2D eigenvalue weighted by Gasteiger charge is 2.16. The van der Waals surface area contributed by atoms with E-state index in [1.807, 2.05) is 24.4 Å². The highest BCUT2D eigenvalue weighted by molar-refractivity contribution is 5.32. The van der Waals surface area contributed by atoms with Crippen LogP contribution in [0.15, 0.2) is 42.6 Å². The Morgan fingerprint density at radius 2 is 1.55 bits per heavy atom. The molecule has 0 amide bonds. The van der Waals surface area contributed by atoms with Gasteiger partial charge in [0.2, 0.25) is 0 Å². The lowest BCUT2D eigenvalue weighted by molar-refractivity contribution is 0.291.